The summed E-state index contributed by atoms with van der Waals surface area (Å²) in [4.78, 5) is 4.37. The number of methoxy groups -OCH3 is 1. The van der Waals surface area contributed by atoms with Gasteiger partial charge in [-0.2, -0.15) is 0 Å². The molecule has 0 saturated heterocycles. The SMILES string of the molecule is COc1ccc2c(c1)nc(Cl)n2Cc1ccccc1. The third-order valence-corrected chi connectivity index (χ3v) is 3.38. The molecule has 0 bridgehead atoms. The van der Waals surface area contributed by atoms with Crippen molar-refractivity contribution in [3.63, 3.8) is 0 Å². The lowest BCUT2D eigenvalue weighted by Crippen LogP contribution is -1.99. The van der Waals surface area contributed by atoms with Gasteiger partial charge in [-0.05, 0) is 29.3 Å². The third-order valence-electron chi connectivity index (χ3n) is 3.09. The smallest absolute Gasteiger partial charge is 0.204 e. The first kappa shape index (κ1) is 12.1. The van der Waals surface area contributed by atoms with E-state index < -0.39 is 0 Å². The Morgan fingerprint density at radius 2 is 1.95 bits per heavy atom. The molecule has 0 N–H and O–H groups in total. The highest BCUT2D eigenvalue weighted by molar-refractivity contribution is 6.29. The second-order valence-corrected chi connectivity index (χ2v) is 4.65. The van der Waals surface area contributed by atoms with Gasteiger partial charge in [0.15, 0.2) is 0 Å². The zero-order valence-corrected chi connectivity index (χ0v) is 11.3. The fraction of sp³-hybridized carbons (Fsp3) is 0.133. The maximum Gasteiger partial charge on any atom is 0.204 e. The van der Waals surface area contributed by atoms with Gasteiger partial charge in [-0.1, -0.05) is 30.3 Å². The maximum atomic E-state index is 6.22. The predicted octanol–water partition coefficient (Wildman–Crippen LogP) is 3.75. The average Bonchev–Trinajstić information content (AvgIpc) is 2.75. The lowest BCUT2D eigenvalue weighted by molar-refractivity contribution is 0.415. The molecule has 0 atom stereocenters. The molecule has 0 fully saturated rings. The van der Waals surface area contributed by atoms with Crippen molar-refractivity contribution in [2.24, 2.45) is 0 Å². The standard InChI is InChI=1S/C15H13ClN2O/c1-19-12-7-8-14-13(9-12)17-15(16)18(14)10-11-5-3-2-4-6-11/h2-9H,10H2,1H3. The lowest BCUT2D eigenvalue weighted by Gasteiger charge is -2.06. The Bertz CT molecular complexity index is 707. The Kier molecular flexibility index (Phi) is 3.13. The number of hydrogen-bond acceptors (Lipinski definition) is 2. The minimum atomic E-state index is 0.493. The van der Waals surface area contributed by atoms with Gasteiger partial charge in [-0.3, -0.25) is 0 Å². The van der Waals surface area contributed by atoms with Crippen LogP contribution >= 0.6 is 11.6 Å². The Morgan fingerprint density at radius 1 is 1.16 bits per heavy atom. The molecule has 0 radical (unpaired) electrons. The van der Waals surface area contributed by atoms with Crippen molar-refractivity contribution in [2.45, 2.75) is 6.54 Å². The molecule has 0 amide bonds. The first-order valence-electron chi connectivity index (χ1n) is 6.01. The number of halogens is 1. The first-order valence-corrected chi connectivity index (χ1v) is 6.39. The van der Waals surface area contributed by atoms with E-state index in [1.165, 1.54) is 5.56 Å². The number of hydrogen-bond donors (Lipinski definition) is 0. The highest BCUT2D eigenvalue weighted by Gasteiger charge is 2.10. The topological polar surface area (TPSA) is 27.1 Å². The van der Waals surface area contributed by atoms with Gasteiger partial charge in [0.05, 0.1) is 24.7 Å². The van der Waals surface area contributed by atoms with Crippen LogP contribution in [0.2, 0.25) is 5.28 Å². The number of imidazole rings is 1. The van der Waals surface area contributed by atoms with Crippen LogP contribution in [0.15, 0.2) is 48.5 Å². The van der Waals surface area contributed by atoms with E-state index in [1.807, 2.05) is 41.0 Å². The van der Waals surface area contributed by atoms with Crippen molar-refractivity contribution < 1.29 is 4.74 Å². The van der Waals surface area contributed by atoms with E-state index in [0.717, 1.165) is 16.8 Å². The molecule has 0 saturated carbocycles. The molecule has 0 spiro atoms. The summed E-state index contributed by atoms with van der Waals surface area (Å²) in [5, 5.41) is 0.493. The van der Waals surface area contributed by atoms with Gasteiger partial charge in [0.1, 0.15) is 5.75 Å². The minimum absolute atomic E-state index is 0.493. The lowest BCUT2D eigenvalue weighted by atomic mass is 10.2. The molecule has 96 valence electrons. The zero-order chi connectivity index (χ0) is 13.2. The molecule has 2 aromatic carbocycles. The molecule has 3 aromatic rings. The van der Waals surface area contributed by atoms with Crippen molar-refractivity contribution in [3.8, 4) is 5.75 Å². The quantitative estimate of drug-likeness (QED) is 0.726. The molecule has 0 aliphatic rings. The summed E-state index contributed by atoms with van der Waals surface area (Å²) < 4.78 is 7.19. The maximum absolute atomic E-state index is 6.22. The van der Waals surface area contributed by atoms with Gasteiger partial charge in [-0.25, -0.2) is 4.98 Å². The second-order valence-electron chi connectivity index (χ2n) is 4.31. The van der Waals surface area contributed by atoms with Crippen molar-refractivity contribution in [2.75, 3.05) is 7.11 Å². The van der Waals surface area contributed by atoms with Gasteiger partial charge in [0.25, 0.3) is 0 Å². The van der Waals surface area contributed by atoms with E-state index in [0.29, 0.717) is 11.8 Å². The van der Waals surface area contributed by atoms with Crippen molar-refractivity contribution >= 4 is 22.6 Å². The Hall–Kier alpha value is -2.00. The Labute approximate surface area is 116 Å². The van der Waals surface area contributed by atoms with E-state index in [2.05, 4.69) is 17.1 Å². The number of ether oxygens (including phenoxy) is 1. The van der Waals surface area contributed by atoms with Crippen LogP contribution in [0.1, 0.15) is 5.56 Å². The normalized spacial score (nSPS) is 10.8. The third kappa shape index (κ3) is 2.29. The van der Waals surface area contributed by atoms with Crippen LogP contribution in [0.4, 0.5) is 0 Å². The molecule has 3 rings (SSSR count). The van der Waals surface area contributed by atoms with Crippen LogP contribution in [0.3, 0.4) is 0 Å². The summed E-state index contributed by atoms with van der Waals surface area (Å²) >= 11 is 6.22. The molecule has 4 heteroatoms. The molecular weight excluding hydrogens is 260 g/mol. The molecule has 19 heavy (non-hydrogen) atoms. The van der Waals surface area contributed by atoms with Crippen molar-refractivity contribution in [3.05, 3.63) is 59.4 Å². The summed E-state index contributed by atoms with van der Waals surface area (Å²) in [5.41, 5.74) is 3.05. The van der Waals surface area contributed by atoms with E-state index in [4.69, 9.17) is 16.3 Å². The molecule has 1 aromatic heterocycles. The van der Waals surface area contributed by atoms with Gasteiger partial charge in [0, 0.05) is 6.07 Å². The van der Waals surface area contributed by atoms with Crippen molar-refractivity contribution in [1.82, 2.24) is 9.55 Å². The largest absolute Gasteiger partial charge is 0.497 e. The highest BCUT2D eigenvalue weighted by Crippen LogP contribution is 2.24. The number of rotatable bonds is 3. The zero-order valence-electron chi connectivity index (χ0n) is 10.5. The van der Waals surface area contributed by atoms with Gasteiger partial charge >= 0.3 is 0 Å². The molecule has 0 unspecified atom stereocenters. The number of fused-ring (bicyclic) bond motifs is 1. The van der Waals surface area contributed by atoms with E-state index in [-0.39, 0.29) is 0 Å². The molecule has 1 heterocycles. The summed E-state index contributed by atoms with van der Waals surface area (Å²) in [6.45, 7) is 0.711. The van der Waals surface area contributed by atoms with E-state index >= 15 is 0 Å². The van der Waals surface area contributed by atoms with Crippen LogP contribution in [-0.2, 0) is 6.54 Å². The summed E-state index contributed by atoms with van der Waals surface area (Å²) in [6, 6.07) is 16.0. The monoisotopic (exact) mass is 272 g/mol. The average molecular weight is 273 g/mol. The molecule has 3 nitrogen and oxygen atoms in total. The number of benzene rings is 2. The highest BCUT2D eigenvalue weighted by atomic mass is 35.5. The van der Waals surface area contributed by atoms with E-state index in [1.54, 1.807) is 7.11 Å². The Morgan fingerprint density at radius 3 is 2.68 bits per heavy atom. The second kappa shape index (κ2) is 4.94. The number of nitrogens with zero attached hydrogens (tertiary/aromatic N) is 2. The van der Waals surface area contributed by atoms with E-state index in [9.17, 15) is 0 Å². The first-order chi connectivity index (χ1) is 9.28. The Balaban J connectivity index is 2.06. The summed E-state index contributed by atoms with van der Waals surface area (Å²) in [5.74, 6) is 0.786. The number of aromatic nitrogens is 2. The van der Waals surface area contributed by atoms with Crippen LogP contribution < -0.4 is 4.74 Å². The summed E-state index contributed by atoms with van der Waals surface area (Å²) in [7, 11) is 1.64. The fourth-order valence-electron chi connectivity index (χ4n) is 2.12. The predicted molar refractivity (Wildman–Crippen MR) is 76.8 cm³/mol. The minimum Gasteiger partial charge on any atom is -0.497 e. The van der Waals surface area contributed by atoms with Gasteiger partial charge in [-0.15, -0.1) is 0 Å². The van der Waals surface area contributed by atoms with Crippen LogP contribution in [-0.4, -0.2) is 16.7 Å². The van der Waals surface area contributed by atoms with Crippen molar-refractivity contribution in [1.29, 1.82) is 0 Å². The van der Waals surface area contributed by atoms with Crippen LogP contribution in [0.5, 0.6) is 5.75 Å². The van der Waals surface area contributed by atoms with Crippen LogP contribution in [0.25, 0.3) is 11.0 Å². The molecule has 0 aliphatic carbocycles. The molecular formula is C15H13ClN2O. The van der Waals surface area contributed by atoms with Gasteiger partial charge in [0.2, 0.25) is 5.28 Å². The van der Waals surface area contributed by atoms with Crippen LogP contribution in [0, 0.1) is 0 Å². The fourth-order valence-corrected chi connectivity index (χ4v) is 2.37. The molecule has 0 aliphatic heterocycles. The summed E-state index contributed by atoms with van der Waals surface area (Å²) in [6.07, 6.45) is 0. The van der Waals surface area contributed by atoms with Gasteiger partial charge < -0.3 is 9.30 Å².